The molecule has 2 heterocycles. The predicted molar refractivity (Wildman–Crippen MR) is 82.4 cm³/mol. The minimum absolute atomic E-state index is 0.640. The van der Waals surface area contributed by atoms with Gasteiger partial charge >= 0.3 is 0 Å². The van der Waals surface area contributed by atoms with Crippen LogP contribution in [0.2, 0.25) is 10.0 Å². The van der Waals surface area contributed by atoms with Crippen molar-refractivity contribution in [3.05, 3.63) is 28.2 Å². The first-order chi connectivity index (χ1) is 9.19. The first kappa shape index (κ1) is 13.5. The molecule has 0 saturated carbocycles. The standard InChI is InChI=1S/C15H20Cl2N2/c1-18-10-7-11-3-2-4-12(8-10)19(11)13-5-6-14(16)15(17)9-13/h5-6,9-12,18H,2-4,7-8H2,1H3. The van der Waals surface area contributed by atoms with Crippen LogP contribution >= 0.6 is 23.2 Å². The van der Waals surface area contributed by atoms with Crippen LogP contribution in [0.15, 0.2) is 18.2 Å². The molecule has 2 atom stereocenters. The van der Waals surface area contributed by atoms with Gasteiger partial charge < -0.3 is 10.2 Å². The number of rotatable bonds is 2. The molecule has 4 heteroatoms. The maximum Gasteiger partial charge on any atom is 0.0612 e. The summed E-state index contributed by atoms with van der Waals surface area (Å²) in [5.41, 5.74) is 1.23. The number of anilines is 1. The van der Waals surface area contributed by atoms with E-state index < -0.39 is 0 Å². The lowest BCUT2D eigenvalue weighted by Crippen LogP contribution is -2.56. The lowest BCUT2D eigenvalue weighted by atomic mass is 9.81. The quantitative estimate of drug-likeness (QED) is 0.884. The van der Waals surface area contributed by atoms with Crippen LogP contribution in [0, 0.1) is 0 Å². The van der Waals surface area contributed by atoms with Crippen molar-refractivity contribution < 1.29 is 0 Å². The average molecular weight is 299 g/mol. The molecule has 2 nitrogen and oxygen atoms in total. The summed E-state index contributed by atoms with van der Waals surface area (Å²) in [6.07, 6.45) is 6.38. The second-order valence-corrected chi connectivity index (χ2v) is 6.52. The van der Waals surface area contributed by atoms with Crippen LogP contribution in [0.4, 0.5) is 5.69 Å². The summed E-state index contributed by atoms with van der Waals surface area (Å²) in [5, 5.41) is 4.75. The maximum absolute atomic E-state index is 6.17. The first-order valence-corrected chi connectivity index (χ1v) is 7.85. The average Bonchev–Trinajstić information content (AvgIpc) is 2.40. The summed E-state index contributed by atoms with van der Waals surface area (Å²) in [6.45, 7) is 0. The van der Waals surface area contributed by atoms with Gasteiger partial charge in [-0.05, 0) is 57.4 Å². The zero-order valence-corrected chi connectivity index (χ0v) is 12.7. The van der Waals surface area contributed by atoms with E-state index in [1.54, 1.807) is 0 Å². The van der Waals surface area contributed by atoms with Gasteiger partial charge in [0.2, 0.25) is 0 Å². The second kappa shape index (κ2) is 5.51. The minimum atomic E-state index is 0.640. The Morgan fingerprint density at radius 3 is 2.37 bits per heavy atom. The van der Waals surface area contributed by atoms with Crippen LogP contribution in [0.1, 0.15) is 32.1 Å². The molecule has 2 aliphatic heterocycles. The molecular weight excluding hydrogens is 279 g/mol. The fourth-order valence-electron chi connectivity index (χ4n) is 3.68. The van der Waals surface area contributed by atoms with Gasteiger partial charge in [-0.15, -0.1) is 0 Å². The largest absolute Gasteiger partial charge is 0.365 e. The van der Waals surface area contributed by atoms with Crippen LogP contribution in [0.25, 0.3) is 0 Å². The molecule has 0 amide bonds. The lowest BCUT2D eigenvalue weighted by molar-refractivity contribution is 0.252. The molecule has 0 aliphatic carbocycles. The van der Waals surface area contributed by atoms with Crippen molar-refractivity contribution in [2.45, 2.75) is 50.2 Å². The summed E-state index contributed by atoms with van der Waals surface area (Å²) in [7, 11) is 2.08. The molecule has 2 saturated heterocycles. The second-order valence-electron chi connectivity index (χ2n) is 5.70. The number of halogens is 2. The van der Waals surface area contributed by atoms with Crippen molar-refractivity contribution in [2.75, 3.05) is 11.9 Å². The van der Waals surface area contributed by atoms with Gasteiger partial charge in [0.05, 0.1) is 10.0 Å². The molecule has 2 bridgehead atoms. The Labute approximate surface area is 125 Å². The molecule has 2 fully saturated rings. The summed E-state index contributed by atoms with van der Waals surface area (Å²) in [4.78, 5) is 2.58. The number of nitrogens with zero attached hydrogens (tertiary/aromatic N) is 1. The molecule has 104 valence electrons. The van der Waals surface area contributed by atoms with E-state index in [1.807, 2.05) is 12.1 Å². The number of hydrogen-bond acceptors (Lipinski definition) is 2. The van der Waals surface area contributed by atoms with Crippen molar-refractivity contribution in [3.8, 4) is 0 Å². The molecule has 1 N–H and O–H groups in total. The third-order valence-corrected chi connectivity index (χ3v) is 5.32. The fourth-order valence-corrected chi connectivity index (χ4v) is 3.98. The highest BCUT2D eigenvalue weighted by Gasteiger charge is 2.37. The summed E-state index contributed by atoms with van der Waals surface area (Å²) >= 11 is 12.2. The minimum Gasteiger partial charge on any atom is -0.365 e. The van der Waals surface area contributed by atoms with E-state index in [1.165, 1.54) is 37.8 Å². The molecule has 2 unspecified atom stereocenters. The number of nitrogens with one attached hydrogen (secondary N) is 1. The number of fused-ring (bicyclic) bond motifs is 2. The Morgan fingerprint density at radius 1 is 1.11 bits per heavy atom. The molecule has 3 rings (SSSR count). The molecule has 1 aromatic carbocycles. The Bertz CT molecular complexity index is 449. The van der Waals surface area contributed by atoms with Crippen molar-refractivity contribution >= 4 is 28.9 Å². The maximum atomic E-state index is 6.17. The van der Waals surface area contributed by atoms with Gasteiger partial charge in [-0.1, -0.05) is 23.2 Å². The van der Waals surface area contributed by atoms with Gasteiger partial charge in [-0.25, -0.2) is 0 Å². The van der Waals surface area contributed by atoms with Crippen molar-refractivity contribution in [3.63, 3.8) is 0 Å². The van der Waals surface area contributed by atoms with E-state index in [0.29, 0.717) is 28.2 Å². The van der Waals surface area contributed by atoms with Crippen molar-refractivity contribution in [2.24, 2.45) is 0 Å². The van der Waals surface area contributed by atoms with Gasteiger partial charge in [0, 0.05) is 23.8 Å². The van der Waals surface area contributed by atoms with Gasteiger partial charge in [0.25, 0.3) is 0 Å². The monoisotopic (exact) mass is 298 g/mol. The highest BCUT2D eigenvalue weighted by Crippen LogP contribution is 2.39. The van der Waals surface area contributed by atoms with Crippen LogP contribution in [0.5, 0.6) is 0 Å². The molecule has 0 aromatic heterocycles. The topological polar surface area (TPSA) is 15.3 Å². The third kappa shape index (κ3) is 2.58. The number of piperidine rings is 2. The first-order valence-electron chi connectivity index (χ1n) is 7.09. The Morgan fingerprint density at radius 2 is 1.79 bits per heavy atom. The zero-order chi connectivity index (χ0) is 13.4. The summed E-state index contributed by atoms with van der Waals surface area (Å²) in [6, 6.07) is 7.99. The molecule has 0 spiro atoms. The molecule has 0 radical (unpaired) electrons. The highest BCUT2D eigenvalue weighted by atomic mass is 35.5. The molecule has 2 aliphatic rings. The summed E-state index contributed by atoms with van der Waals surface area (Å²) < 4.78 is 0. The van der Waals surface area contributed by atoms with Crippen molar-refractivity contribution in [1.82, 2.24) is 5.32 Å². The normalized spacial score (nSPS) is 30.5. The van der Waals surface area contributed by atoms with E-state index in [9.17, 15) is 0 Å². The molecular formula is C15H20Cl2N2. The van der Waals surface area contributed by atoms with E-state index in [-0.39, 0.29) is 0 Å². The van der Waals surface area contributed by atoms with Gasteiger partial charge in [-0.3, -0.25) is 0 Å². The summed E-state index contributed by atoms with van der Waals surface area (Å²) in [5.74, 6) is 0. The van der Waals surface area contributed by atoms with E-state index in [2.05, 4.69) is 23.3 Å². The predicted octanol–water partition coefficient (Wildman–Crippen LogP) is 4.10. The van der Waals surface area contributed by atoms with Gasteiger partial charge in [0.15, 0.2) is 0 Å². The van der Waals surface area contributed by atoms with E-state index in [0.717, 1.165) is 0 Å². The van der Waals surface area contributed by atoms with Crippen LogP contribution < -0.4 is 10.2 Å². The van der Waals surface area contributed by atoms with Crippen LogP contribution in [-0.2, 0) is 0 Å². The Hall–Kier alpha value is -0.440. The van der Waals surface area contributed by atoms with E-state index in [4.69, 9.17) is 23.2 Å². The third-order valence-electron chi connectivity index (χ3n) is 4.58. The smallest absolute Gasteiger partial charge is 0.0612 e. The Balaban J connectivity index is 1.89. The number of hydrogen-bond donors (Lipinski definition) is 1. The SMILES string of the molecule is CNC1CC2CCCC(C1)N2c1ccc(Cl)c(Cl)c1. The van der Waals surface area contributed by atoms with Gasteiger partial charge in [-0.2, -0.15) is 0 Å². The van der Waals surface area contributed by atoms with E-state index >= 15 is 0 Å². The number of benzene rings is 1. The Kier molecular flexibility index (Phi) is 3.93. The van der Waals surface area contributed by atoms with Crippen molar-refractivity contribution in [1.29, 1.82) is 0 Å². The van der Waals surface area contributed by atoms with Crippen LogP contribution in [0.3, 0.4) is 0 Å². The lowest BCUT2D eigenvalue weighted by Gasteiger charge is -2.50. The van der Waals surface area contributed by atoms with Crippen LogP contribution in [-0.4, -0.2) is 25.2 Å². The van der Waals surface area contributed by atoms with Gasteiger partial charge in [0.1, 0.15) is 0 Å². The fraction of sp³-hybridized carbons (Fsp3) is 0.600. The molecule has 1 aromatic rings. The zero-order valence-electron chi connectivity index (χ0n) is 11.2. The highest BCUT2D eigenvalue weighted by molar-refractivity contribution is 6.42. The molecule has 19 heavy (non-hydrogen) atoms.